The molecule has 2 aromatic carbocycles. The van der Waals surface area contributed by atoms with E-state index >= 15 is 0 Å². The van der Waals surface area contributed by atoms with Crippen LogP contribution >= 0.6 is 0 Å². The van der Waals surface area contributed by atoms with E-state index < -0.39 is 12.1 Å². The number of nitrogens with one attached hydrogen (secondary N) is 2. The van der Waals surface area contributed by atoms with E-state index in [4.69, 9.17) is 4.74 Å². The van der Waals surface area contributed by atoms with Crippen molar-refractivity contribution < 1.29 is 14.3 Å². The van der Waals surface area contributed by atoms with Crippen molar-refractivity contribution >= 4 is 22.8 Å². The summed E-state index contributed by atoms with van der Waals surface area (Å²) in [4.78, 5) is 24.5. The Morgan fingerprint density at radius 2 is 1.77 bits per heavy atom. The molecule has 0 radical (unpaired) electrons. The monoisotopic (exact) mass is 351 g/mol. The molecular weight excluding hydrogens is 330 g/mol. The van der Waals surface area contributed by atoms with E-state index in [0.717, 1.165) is 11.1 Å². The molecule has 134 valence electrons. The standard InChI is InChI=1S/C20H21N3O3/c1-13(15-8-4-3-5-9-15)12-21-19(24)14(2)26-20(25)18-16-10-6-7-11-17(16)22-23-18/h3-11,13-14H,12H2,1-2H3,(H,21,24)(H,22,23)/t13-,14+/m0/s1. The molecule has 26 heavy (non-hydrogen) atoms. The molecule has 0 spiro atoms. The molecule has 1 amide bonds. The molecule has 6 nitrogen and oxygen atoms in total. The maximum Gasteiger partial charge on any atom is 0.360 e. The fourth-order valence-electron chi connectivity index (χ4n) is 2.69. The summed E-state index contributed by atoms with van der Waals surface area (Å²) >= 11 is 0. The molecule has 0 aliphatic heterocycles. The van der Waals surface area contributed by atoms with Crippen molar-refractivity contribution in [3.63, 3.8) is 0 Å². The van der Waals surface area contributed by atoms with Gasteiger partial charge in [0.25, 0.3) is 5.91 Å². The number of aromatic nitrogens is 2. The van der Waals surface area contributed by atoms with Crippen LogP contribution in [0.2, 0.25) is 0 Å². The van der Waals surface area contributed by atoms with Crippen LogP contribution < -0.4 is 5.32 Å². The Balaban J connectivity index is 1.56. The van der Waals surface area contributed by atoms with Gasteiger partial charge in [-0.25, -0.2) is 4.79 Å². The topological polar surface area (TPSA) is 84.1 Å². The van der Waals surface area contributed by atoms with Gasteiger partial charge < -0.3 is 10.1 Å². The van der Waals surface area contributed by atoms with Gasteiger partial charge >= 0.3 is 5.97 Å². The maximum atomic E-state index is 12.3. The summed E-state index contributed by atoms with van der Waals surface area (Å²) in [5, 5.41) is 10.3. The predicted molar refractivity (Wildman–Crippen MR) is 98.8 cm³/mol. The average Bonchev–Trinajstić information content (AvgIpc) is 3.10. The van der Waals surface area contributed by atoms with Gasteiger partial charge in [0.2, 0.25) is 0 Å². The van der Waals surface area contributed by atoms with Crippen LogP contribution in [0.1, 0.15) is 35.8 Å². The van der Waals surface area contributed by atoms with Crippen molar-refractivity contribution in [1.82, 2.24) is 15.5 Å². The summed E-state index contributed by atoms with van der Waals surface area (Å²) < 4.78 is 5.27. The van der Waals surface area contributed by atoms with Crippen molar-refractivity contribution in [3.8, 4) is 0 Å². The van der Waals surface area contributed by atoms with Crippen LogP contribution in [0.5, 0.6) is 0 Å². The van der Waals surface area contributed by atoms with Crippen LogP contribution in [0.15, 0.2) is 54.6 Å². The number of amides is 1. The number of rotatable bonds is 6. The van der Waals surface area contributed by atoms with Gasteiger partial charge in [0.1, 0.15) is 0 Å². The first-order chi connectivity index (χ1) is 12.6. The molecule has 3 aromatic rings. The highest BCUT2D eigenvalue weighted by atomic mass is 16.5. The van der Waals surface area contributed by atoms with E-state index in [9.17, 15) is 9.59 Å². The third kappa shape index (κ3) is 3.91. The SMILES string of the molecule is C[C@@H](OC(=O)c1n[nH]c2ccccc12)C(=O)NC[C@H](C)c1ccccc1. The summed E-state index contributed by atoms with van der Waals surface area (Å²) in [6.45, 7) is 4.05. The van der Waals surface area contributed by atoms with Crippen LogP contribution in [-0.2, 0) is 9.53 Å². The summed E-state index contributed by atoms with van der Waals surface area (Å²) in [7, 11) is 0. The number of para-hydroxylation sites is 1. The van der Waals surface area contributed by atoms with Gasteiger partial charge in [-0.15, -0.1) is 0 Å². The lowest BCUT2D eigenvalue weighted by Crippen LogP contribution is -2.37. The molecule has 0 saturated carbocycles. The third-order valence-electron chi connectivity index (χ3n) is 4.27. The van der Waals surface area contributed by atoms with Gasteiger partial charge in [0.15, 0.2) is 11.8 Å². The molecular formula is C20H21N3O3. The molecule has 0 aliphatic rings. The maximum absolute atomic E-state index is 12.3. The zero-order chi connectivity index (χ0) is 18.5. The minimum Gasteiger partial charge on any atom is -0.448 e. The number of ether oxygens (including phenoxy) is 1. The zero-order valence-electron chi connectivity index (χ0n) is 14.7. The molecule has 0 aliphatic carbocycles. The molecule has 3 rings (SSSR count). The van der Waals surface area contributed by atoms with E-state index in [0.29, 0.717) is 11.9 Å². The van der Waals surface area contributed by atoms with Crippen LogP contribution in [0.25, 0.3) is 10.9 Å². The van der Waals surface area contributed by atoms with Gasteiger partial charge in [-0.05, 0) is 24.5 Å². The van der Waals surface area contributed by atoms with E-state index in [1.165, 1.54) is 0 Å². The normalized spacial score (nSPS) is 13.2. The van der Waals surface area contributed by atoms with E-state index in [-0.39, 0.29) is 17.5 Å². The Hall–Kier alpha value is -3.15. The highest BCUT2D eigenvalue weighted by Gasteiger charge is 2.22. The summed E-state index contributed by atoms with van der Waals surface area (Å²) in [6.07, 6.45) is -0.902. The number of esters is 1. The molecule has 6 heteroatoms. The molecule has 2 N–H and O–H groups in total. The minimum absolute atomic E-state index is 0.165. The molecule has 1 heterocycles. The van der Waals surface area contributed by atoms with Crippen molar-refractivity contribution in [2.75, 3.05) is 6.54 Å². The lowest BCUT2D eigenvalue weighted by Gasteiger charge is -2.16. The van der Waals surface area contributed by atoms with Crippen LogP contribution in [-0.4, -0.2) is 34.7 Å². The summed E-state index contributed by atoms with van der Waals surface area (Å²) in [5.41, 5.74) is 2.06. The van der Waals surface area contributed by atoms with Gasteiger partial charge in [0.05, 0.1) is 5.52 Å². The van der Waals surface area contributed by atoms with Gasteiger partial charge in [-0.3, -0.25) is 9.89 Å². The highest BCUT2D eigenvalue weighted by molar-refractivity contribution is 6.02. The molecule has 2 atom stereocenters. The fourth-order valence-corrected chi connectivity index (χ4v) is 2.69. The second kappa shape index (κ2) is 7.82. The lowest BCUT2D eigenvalue weighted by molar-refractivity contribution is -0.129. The number of hydrogen-bond donors (Lipinski definition) is 2. The summed E-state index contributed by atoms with van der Waals surface area (Å²) in [5.74, 6) is -0.791. The fraction of sp³-hybridized carbons (Fsp3) is 0.250. The van der Waals surface area contributed by atoms with Crippen molar-refractivity contribution in [2.45, 2.75) is 25.9 Å². The second-order valence-electron chi connectivity index (χ2n) is 6.22. The largest absolute Gasteiger partial charge is 0.448 e. The number of carbonyl (C=O) groups is 2. The number of H-pyrrole nitrogens is 1. The van der Waals surface area contributed by atoms with Crippen LogP contribution in [0.4, 0.5) is 0 Å². The second-order valence-corrected chi connectivity index (χ2v) is 6.22. The number of fused-ring (bicyclic) bond motifs is 1. The van der Waals surface area contributed by atoms with Crippen molar-refractivity contribution in [3.05, 3.63) is 65.9 Å². The number of nitrogens with zero attached hydrogens (tertiary/aromatic N) is 1. The Kier molecular flexibility index (Phi) is 5.31. The molecule has 1 aromatic heterocycles. The van der Waals surface area contributed by atoms with Gasteiger partial charge in [-0.1, -0.05) is 55.5 Å². The summed E-state index contributed by atoms with van der Waals surface area (Å²) in [6, 6.07) is 17.2. The van der Waals surface area contributed by atoms with E-state index in [1.54, 1.807) is 13.0 Å². The molecule has 0 saturated heterocycles. The lowest BCUT2D eigenvalue weighted by atomic mass is 10.0. The minimum atomic E-state index is -0.902. The number of hydrogen-bond acceptors (Lipinski definition) is 4. The van der Waals surface area contributed by atoms with Gasteiger partial charge in [-0.2, -0.15) is 5.10 Å². The first kappa shape index (κ1) is 17.7. The zero-order valence-corrected chi connectivity index (χ0v) is 14.7. The first-order valence-corrected chi connectivity index (χ1v) is 8.53. The Morgan fingerprint density at radius 1 is 1.08 bits per heavy atom. The molecule has 0 fully saturated rings. The molecule has 0 unspecified atom stereocenters. The van der Waals surface area contributed by atoms with Crippen molar-refractivity contribution in [1.29, 1.82) is 0 Å². The smallest absolute Gasteiger partial charge is 0.360 e. The number of carbonyl (C=O) groups excluding carboxylic acids is 2. The highest BCUT2D eigenvalue weighted by Crippen LogP contribution is 2.17. The number of aromatic amines is 1. The quantitative estimate of drug-likeness (QED) is 0.669. The predicted octanol–water partition coefficient (Wildman–Crippen LogP) is 3.03. The Bertz CT molecular complexity index is 905. The number of benzene rings is 2. The van der Waals surface area contributed by atoms with Gasteiger partial charge in [0, 0.05) is 11.9 Å². The Labute approximate surface area is 151 Å². The Morgan fingerprint density at radius 3 is 2.54 bits per heavy atom. The van der Waals surface area contributed by atoms with Crippen molar-refractivity contribution in [2.24, 2.45) is 0 Å². The first-order valence-electron chi connectivity index (χ1n) is 8.53. The molecule has 0 bridgehead atoms. The third-order valence-corrected chi connectivity index (χ3v) is 4.27. The van der Waals surface area contributed by atoms with E-state index in [2.05, 4.69) is 15.5 Å². The average molecular weight is 351 g/mol. The van der Waals surface area contributed by atoms with E-state index in [1.807, 2.05) is 55.5 Å². The van der Waals surface area contributed by atoms with Crippen LogP contribution in [0, 0.1) is 0 Å². The van der Waals surface area contributed by atoms with Crippen LogP contribution in [0.3, 0.4) is 0 Å².